The Bertz CT molecular complexity index is 703. The van der Waals surface area contributed by atoms with Gasteiger partial charge in [-0.3, -0.25) is 4.99 Å². The molecular weight excluding hydrogens is 501 g/mol. The molecule has 0 aliphatic carbocycles. The van der Waals surface area contributed by atoms with Gasteiger partial charge in [0.25, 0.3) is 0 Å². The van der Waals surface area contributed by atoms with Gasteiger partial charge in [-0.1, -0.05) is 29.8 Å². The van der Waals surface area contributed by atoms with Crippen molar-refractivity contribution in [3.05, 3.63) is 34.9 Å². The predicted octanol–water partition coefficient (Wildman–Crippen LogP) is 4.08. The van der Waals surface area contributed by atoms with Gasteiger partial charge < -0.3 is 19.7 Å². The number of aliphatic imine (C=N–C) groups is 1. The Kier molecular flexibility index (Phi) is 8.09. The molecule has 3 aliphatic rings. The monoisotopic (exact) mass is 533 g/mol. The summed E-state index contributed by atoms with van der Waals surface area (Å²) in [7, 11) is 0. The summed E-state index contributed by atoms with van der Waals surface area (Å²) in [5, 5.41) is 4.37. The third-order valence-corrected chi connectivity index (χ3v) is 7.01. The van der Waals surface area contributed by atoms with Crippen molar-refractivity contribution in [2.24, 2.45) is 10.4 Å². The van der Waals surface area contributed by atoms with Crippen molar-refractivity contribution in [3.8, 4) is 0 Å². The summed E-state index contributed by atoms with van der Waals surface area (Å²) in [6.07, 6.45) is 4.28. The Balaban J connectivity index is 0.00000240. The lowest BCUT2D eigenvalue weighted by Gasteiger charge is -2.37. The van der Waals surface area contributed by atoms with Gasteiger partial charge in [0.15, 0.2) is 5.96 Å². The highest BCUT2D eigenvalue weighted by Gasteiger charge is 2.42. The van der Waals surface area contributed by atoms with Gasteiger partial charge in [-0.15, -0.1) is 24.0 Å². The van der Waals surface area contributed by atoms with Crippen LogP contribution in [0.25, 0.3) is 0 Å². The van der Waals surface area contributed by atoms with Crippen LogP contribution in [0.5, 0.6) is 0 Å². The summed E-state index contributed by atoms with van der Waals surface area (Å²) in [5.74, 6) is 1.03. The molecule has 0 radical (unpaired) electrons. The number of rotatable bonds is 4. The minimum Gasteiger partial charge on any atom is -0.381 e. The molecule has 4 rings (SSSR count). The van der Waals surface area contributed by atoms with Gasteiger partial charge in [-0.25, -0.2) is 0 Å². The second kappa shape index (κ2) is 10.2. The first kappa shape index (κ1) is 23.1. The Morgan fingerprint density at radius 1 is 1.14 bits per heavy atom. The van der Waals surface area contributed by atoms with E-state index in [4.69, 9.17) is 26.1 Å². The van der Waals surface area contributed by atoms with Crippen molar-refractivity contribution < 1.29 is 9.47 Å². The molecule has 162 valence electrons. The van der Waals surface area contributed by atoms with E-state index in [9.17, 15) is 0 Å². The van der Waals surface area contributed by atoms with Crippen LogP contribution in [0.3, 0.4) is 0 Å². The SMILES string of the molecule is CCNC(=NCC1(c2ccccc2Cl)CCOCC1)N1CCC2(CCOC2)C1.I. The molecule has 0 amide bonds. The zero-order chi connectivity index (χ0) is 19.5. The summed E-state index contributed by atoms with van der Waals surface area (Å²) in [6.45, 7) is 9.17. The Labute approximate surface area is 196 Å². The fraction of sp³-hybridized carbons (Fsp3) is 0.682. The minimum absolute atomic E-state index is 0. The number of hydrogen-bond acceptors (Lipinski definition) is 3. The molecule has 0 aromatic heterocycles. The number of benzene rings is 1. The van der Waals surface area contributed by atoms with Gasteiger partial charge in [-0.05, 0) is 44.2 Å². The van der Waals surface area contributed by atoms with Gasteiger partial charge in [0.05, 0.1) is 13.2 Å². The molecule has 1 aromatic carbocycles. The molecule has 0 bridgehead atoms. The first-order chi connectivity index (χ1) is 13.7. The first-order valence-electron chi connectivity index (χ1n) is 10.6. The Hall–Kier alpha value is -0.570. The van der Waals surface area contributed by atoms with Gasteiger partial charge in [0.1, 0.15) is 0 Å². The molecule has 1 aromatic rings. The van der Waals surface area contributed by atoms with Crippen LogP contribution >= 0.6 is 35.6 Å². The Morgan fingerprint density at radius 3 is 2.59 bits per heavy atom. The molecule has 29 heavy (non-hydrogen) atoms. The largest absolute Gasteiger partial charge is 0.381 e. The number of halogens is 2. The molecule has 5 nitrogen and oxygen atoms in total. The van der Waals surface area contributed by atoms with E-state index in [-0.39, 0.29) is 29.4 Å². The van der Waals surface area contributed by atoms with Crippen LogP contribution in [0, 0.1) is 5.41 Å². The number of ether oxygens (including phenoxy) is 2. The molecule has 1 unspecified atom stereocenters. The zero-order valence-corrected chi connectivity index (χ0v) is 20.4. The van der Waals surface area contributed by atoms with Crippen molar-refractivity contribution in [2.75, 3.05) is 52.6 Å². The molecule has 0 saturated carbocycles. The van der Waals surface area contributed by atoms with Gasteiger partial charge in [-0.2, -0.15) is 0 Å². The maximum atomic E-state index is 6.60. The van der Waals surface area contributed by atoms with Gasteiger partial charge in [0.2, 0.25) is 0 Å². The molecule has 7 heteroatoms. The highest BCUT2D eigenvalue weighted by Crippen LogP contribution is 2.40. The molecule has 3 heterocycles. The molecule has 1 spiro atoms. The molecule has 3 saturated heterocycles. The molecule has 3 aliphatic heterocycles. The minimum atomic E-state index is -0.0505. The topological polar surface area (TPSA) is 46.1 Å². The Morgan fingerprint density at radius 2 is 1.90 bits per heavy atom. The van der Waals surface area contributed by atoms with Crippen molar-refractivity contribution in [2.45, 2.75) is 38.0 Å². The third kappa shape index (κ3) is 5.02. The van der Waals surface area contributed by atoms with E-state index < -0.39 is 0 Å². The van der Waals surface area contributed by atoms with Crippen LogP contribution in [0.4, 0.5) is 0 Å². The summed E-state index contributed by atoms with van der Waals surface area (Å²) in [6, 6.07) is 8.24. The smallest absolute Gasteiger partial charge is 0.193 e. The summed E-state index contributed by atoms with van der Waals surface area (Å²) in [4.78, 5) is 7.57. The maximum Gasteiger partial charge on any atom is 0.193 e. The number of hydrogen-bond donors (Lipinski definition) is 1. The second-order valence-corrected chi connectivity index (χ2v) is 8.92. The summed E-state index contributed by atoms with van der Waals surface area (Å²) >= 11 is 6.60. The van der Waals surface area contributed by atoms with E-state index in [2.05, 4.69) is 29.3 Å². The fourth-order valence-corrected chi connectivity index (χ4v) is 5.24. The van der Waals surface area contributed by atoms with Crippen LogP contribution < -0.4 is 5.32 Å². The van der Waals surface area contributed by atoms with Crippen LogP contribution in [-0.4, -0.2) is 63.5 Å². The number of nitrogens with zero attached hydrogens (tertiary/aromatic N) is 2. The van der Waals surface area contributed by atoms with Crippen molar-refractivity contribution in [3.63, 3.8) is 0 Å². The van der Waals surface area contributed by atoms with E-state index in [1.54, 1.807) is 0 Å². The van der Waals surface area contributed by atoms with Crippen molar-refractivity contribution in [1.29, 1.82) is 0 Å². The first-order valence-corrected chi connectivity index (χ1v) is 11.0. The molecule has 1 N–H and O–H groups in total. The fourth-order valence-electron chi connectivity index (χ4n) is 4.91. The van der Waals surface area contributed by atoms with Crippen molar-refractivity contribution in [1.82, 2.24) is 10.2 Å². The molecular formula is C22H33ClIN3O2. The van der Waals surface area contributed by atoms with E-state index in [0.717, 1.165) is 76.4 Å². The highest BCUT2D eigenvalue weighted by molar-refractivity contribution is 14.0. The van der Waals surface area contributed by atoms with E-state index in [1.807, 2.05) is 12.1 Å². The zero-order valence-electron chi connectivity index (χ0n) is 17.3. The van der Waals surface area contributed by atoms with Crippen LogP contribution in [0.15, 0.2) is 29.3 Å². The number of likely N-dealkylation sites (tertiary alicyclic amines) is 1. The van der Waals surface area contributed by atoms with E-state index in [0.29, 0.717) is 5.41 Å². The van der Waals surface area contributed by atoms with E-state index >= 15 is 0 Å². The lowest BCUT2D eigenvalue weighted by molar-refractivity contribution is 0.0530. The average molecular weight is 534 g/mol. The normalized spacial score (nSPS) is 26.6. The van der Waals surface area contributed by atoms with Crippen molar-refractivity contribution >= 4 is 41.5 Å². The van der Waals surface area contributed by atoms with Crippen LogP contribution in [-0.2, 0) is 14.9 Å². The lowest BCUT2D eigenvalue weighted by atomic mass is 9.74. The number of nitrogens with one attached hydrogen (secondary N) is 1. The lowest BCUT2D eigenvalue weighted by Crippen LogP contribution is -2.43. The highest BCUT2D eigenvalue weighted by atomic mass is 127. The quantitative estimate of drug-likeness (QED) is 0.360. The van der Waals surface area contributed by atoms with Gasteiger partial charge >= 0.3 is 0 Å². The standard InChI is InChI=1S/C22H32ClN3O2.HI/c1-2-24-20(26-11-7-21(16-26)8-12-28-17-21)25-15-22(9-13-27-14-10-22)18-5-3-4-6-19(18)23;/h3-6H,2,7-17H2,1H3,(H,24,25);1H. The van der Waals surface area contributed by atoms with Gasteiger partial charge in [0, 0.05) is 55.3 Å². The second-order valence-electron chi connectivity index (χ2n) is 8.52. The van der Waals surface area contributed by atoms with Crippen LogP contribution in [0.2, 0.25) is 5.02 Å². The maximum absolute atomic E-state index is 6.60. The molecule has 1 atom stereocenters. The van der Waals surface area contributed by atoms with Crippen LogP contribution in [0.1, 0.15) is 38.2 Å². The average Bonchev–Trinajstić information content (AvgIpc) is 3.36. The number of guanidine groups is 1. The third-order valence-electron chi connectivity index (χ3n) is 6.68. The van der Waals surface area contributed by atoms with E-state index in [1.165, 1.54) is 18.4 Å². The predicted molar refractivity (Wildman–Crippen MR) is 129 cm³/mol. The summed E-state index contributed by atoms with van der Waals surface area (Å²) < 4.78 is 11.4. The summed E-state index contributed by atoms with van der Waals surface area (Å²) in [5.41, 5.74) is 1.49. The molecule has 3 fully saturated rings.